The van der Waals surface area contributed by atoms with Gasteiger partial charge in [-0.15, -0.1) is 0 Å². The Hall–Kier alpha value is -1.77. The number of aromatic nitrogens is 2. The summed E-state index contributed by atoms with van der Waals surface area (Å²) >= 11 is 0. The van der Waals surface area contributed by atoms with Crippen LogP contribution in [-0.2, 0) is 0 Å². The zero-order valence-corrected chi connectivity index (χ0v) is 6.36. The minimum atomic E-state index is 0.203. The highest BCUT2D eigenvalue weighted by molar-refractivity contribution is 5.53. The molecule has 0 aromatic rings. The quantitative estimate of drug-likeness (QED) is 0.621. The Morgan fingerprint density at radius 1 is 1.00 bits per heavy atom. The lowest BCUT2D eigenvalue weighted by molar-refractivity contribution is 1.05. The van der Waals surface area contributed by atoms with Crippen molar-refractivity contribution in [3.63, 3.8) is 0 Å². The summed E-state index contributed by atoms with van der Waals surface area (Å²) in [6, 6.07) is 9.42. The van der Waals surface area contributed by atoms with Crippen molar-refractivity contribution < 1.29 is 0 Å². The highest BCUT2D eigenvalue weighted by atomic mass is 14.8. The molecule has 0 saturated heterocycles. The van der Waals surface area contributed by atoms with Crippen molar-refractivity contribution in [3.8, 4) is 11.4 Å². The standard InChI is InChI=1S/C9H7N3/c10-9-6-11-7-4-2-1-3-5-8(7)12-9/h1-6,10H. The molecule has 0 radical (unpaired) electrons. The second-order valence-electron chi connectivity index (χ2n) is 2.44. The number of nitrogens with one attached hydrogen (secondary N) is 1. The summed E-state index contributed by atoms with van der Waals surface area (Å²) < 4.78 is 0. The predicted molar refractivity (Wildman–Crippen MR) is 44.5 cm³/mol. The molecule has 1 N–H and O–H groups in total. The first kappa shape index (κ1) is 6.91. The van der Waals surface area contributed by atoms with Crippen molar-refractivity contribution >= 4 is 0 Å². The van der Waals surface area contributed by atoms with E-state index >= 15 is 0 Å². The van der Waals surface area contributed by atoms with Crippen LogP contribution in [0.4, 0.5) is 0 Å². The van der Waals surface area contributed by atoms with E-state index in [-0.39, 0.29) is 5.49 Å². The third kappa shape index (κ3) is 1.16. The van der Waals surface area contributed by atoms with Gasteiger partial charge in [-0.1, -0.05) is 18.2 Å². The van der Waals surface area contributed by atoms with E-state index in [4.69, 9.17) is 5.41 Å². The zero-order valence-electron chi connectivity index (χ0n) is 6.36. The van der Waals surface area contributed by atoms with Crippen molar-refractivity contribution in [2.75, 3.05) is 0 Å². The molecule has 0 saturated carbocycles. The molecule has 3 nitrogen and oxygen atoms in total. The van der Waals surface area contributed by atoms with E-state index in [1.807, 2.05) is 30.3 Å². The third-order valence-corrected chi connectivity index (χ3v) is 1.56. The van der Waals surface area contributed by atoms with Crippen LogP contribution in [0.3, 0.4) is 0 Å². The lowest BCUT2D eigenvalue weighted by Crippen LogP contribution is -2.07. The summed E-state index contributed by atoms with van der Waals surface area (Å²) in [5, 5.41) is 7.26. The summed E-state index contributed by atoms with van der Waals surface area (Å²) in [5.74, 6) is 0. The van der Waals surface area contributed by atoms with Crippen molar-refractivity contribution in [3.05, 3.63) is 42.0 Å². The Labute approximate surface area is 69.6 Å². The molecule has 1 aliphatic carbocycles. The van der Waals surface area contributed by atoms with Gasteiger partial charge in [-0.25, -0.2) is 4.98 Å². The number of nitrogens with zero attached hydrogens (tertiary/aromatic N) is 2. The maximum atomic E-state index is 7.26. The van der Waals surface area contributed by atoms with Gasteiger partial charge in [-0.3, -0.25) is 10.4 Å². The summed E-state index contributed by atoms with van der Waals surface area (Å²) in [5.41, 5.74) is 1.78. The fraction of sp³-hybridized carbons (Fsp3) is 0. The van der Waals surface area contributed by atoms with Crippen LogP contribution >= 0.6 is 0 Å². The van der Waals surface area contributed by atoms with Gasteiger partial charge in [0.1, 0.15) is 0 Å². The topological polar surface area (TPSA) is 49.6 Å². The van der Waals surface area contributed by atoms with Crippen LogP contribution in [-0.4, -0.2) is 9.97 Å². The molecular weight excluding hydrogens is 150 g/mol. The lowest BCUT2D eigenvalue weighted by atomic mass is 10.3. The average Bonchev–Trinajstić information content (AvgIpc) is 2.28. The van der Waals surface area contributed by atoms with E-state index in [2.05, 4.69) is 9.97 Å². The van der Waals surface area contributed by atoms with E-state index in [0.29, 0.717) is 0 Å². The van der Waals surface area contributed by atoms with Gasteiger partial charge >= 0.3 is 0 Å². The summed E-state index contributed by atoms with van der Waals surface area (Å²) in [6.07, 6.45) is 1.45. The summed E-state index contributed by atoms with van der Waals surface area (Å²) in [4.78, 5) is 8.09. The fourth-order valence-corrected chi connectivity index (χ4v) is 1.02. The molecule has 3 heteroatoms. The molecule has 1 aliphatic heterocycles. The maximum Gasteiger partial charge on any atom is 0.163 e. The maximum absolute atomic E-state index is 7.26. The van der Waals surface area contributed by atoms with Gasteiger partial charge in [0.2, 0.25) is 0 Å². The largest absolute Gasteiger partial charge is 0.282 e. The van der Waals surface area contributed by atoms with E-state index in [9.17, 15) is 0 Å². The van der Waals surface area contributed by atoms with Crippen LogP contribution in [0, 0.1) is 5.41 Å². The average molecular weight is 157 g/mol. The number of rotatable bonds is 0. The highest BCUT2D eigenvalue weighted by Crippen LogP contribution is 2.10. The first-order chi connectivity index (χ1) is 5.86. The minimum Gasteiger partial charge on any atom is -0.282 e. The molecule has 0 fully saturated rings. The SMILES string of the molecule is N=c1cnc2cccccc-2n1. The highest BCUT2D eigenvalue weighted by Gasteiger charge is 1.98. The van der Waals surface area contributed by atoms with Crippen LogP contribution in [0.5, 0.6) is 0 Å². The van der Waals surface area contributed by atoms with E-state index in [1.54, 1.807) is 0 Å². The molecule has 1 heterocycles. The Bertz CT molecular complexity index is 425. The number of hydrogen-bond acceptors (Lipinski definition) is 3. The van der Waals surface area contributed by atoms with E-state index < -0.39 is 0 Å². The summed E-state index contributed by atoms with van der Waals surface area (Å²) in [6.45, 7) is 0. The van der Waals surface area contributed by atoms with Gasteiger partial charge in [0.15, 0.2) is 5.49 Å². The Kier molecular flexibility index (Phi) is 1.55. The fourth-order valence-electron chi connectivity index (χ4n) is 1.02. The van der Waals surface area contributed by atoms with Crippen molar-refractivity contribution in [1.82, 2.24) is 9.97 Å². The molecule has 0 atom stereocenters. The molecule has 0 bridgehead atoms. The zero-order chi connectivity index (χ0) is 8.39. The van der Waals surface area contributed by atoms with Crippen molar-refractivity contribution in [2.45, 2.75) is 0 Å². The van der Waals surface area contributed by atoms with Crippen LogP contribution in [0.15, 0.2) is 36.5 Å². The van der Waals surface area contributed by atoms with Gasteiger partial charge in [0.05, 0.1) is 17.6 Å². The van der Waals surface area contributed by atoms with Crippen molar-refractivity contribution in [1.29, 1.82) is 5.41 Å². The van der Waals surface area contributed by atoms with Gasteiger partial charge in [-0.2, -0.15) is 0 Å². The molecule has 2 aliphatic rings. The first-order valence-corrected chi connectivity index (χ1v) is 3.63. The van der Waals surface area contributed by atoms with Gasteiger partial charge in [0.25, 0.3) is 0 Å². The van der Waals surface area contributed by atoms with Crippen molar-refractivity contribution in [2.24, 2.45) is 0 Å². The molecule has 0 aromatic carbocycles. The minimum absolute atomic E-state index is 0.203. The van der Waals surface area contributed by atoms with Gasteiger partial charge in [0, 0.05) is 0 Å². The predicted octanol–water partition coefficient (Wildman–Crippen LogP) is 1.06. The number of hydrogen-bond donors (Lipinski definition) is 1. The third-order valence-electron chi connectivity index (χ3n) is 1.56. The van der Waals surface area contributed by atoms with Gasteiger partial charge in [-0.05, 0) is 12.1 Å². The smallest absolute Gasteiger partial charge is 0.163 e. The van der Waals surface area contributed by atoms with Crippen LogP contribution in [0.1, 0.15) is 0 Å². The Morgan fingerprint density at radius 3 is 2.58 bits per heavy atom. The molecule has 0 amide bonds. The Morgan fingerprint density at radius 2 is 1.75 bits per heavy atom. The Balaban J connectivity index is 2.82. The van der Waals surface area contributed by atoms with E-state index in [0.717, 1.165) is 11.4 Å². The van der Waals surface area contributed by atoms with Crippen LogP contribution in [0.2, 0.25) is 0 Å². The normalized spacial score (nSPS) is 10.0. The number of fused-ring (bicyclic) bond motifs is 1. The molecule has 0 spiro atoms. The lowest BCUT2D eigenvalue weighted by Gasteiger charge is -1.94. The van der Waals surface area contributed by atoms with E-state index in [1.165, 1.54) is 6.20 Å². The summed E-state index contributed by atoms with van der Waals surface area (Å²) in [7, 11) is 0. The molecule has 2 rings (SSSR count). The van der Waals surface area contributed by atoms with Gasteiger partial charge < -0.3 is 0 Å². The monoisotopic (exact) mass is 157 g/mol. The molecule has 12 heavy (non-hydrogen) atoms. The second-order valence-corrected chi connectivity index (χ2v) is 2.44. The first-order valence-electron chi connectivity index (χ1n) is 3.63. The second kappa shape index (κ2) is 2.70. The van der Waals surface area contributed by atoms with Crippen LogP contribution in [0.25, 0.3) is 11.4 Å². The molecule has 0 aromatic heterocycles. The van der Waals surface area contributed by atoms with Crippen LogP contribution < -0.4 is 5.49 Å². The molecular formula is C9H7N3. The molecule has 58 valence electrons. The molecule has 0 unspecified atom stereocenters.